The van der Waals surface area contributed by atoms with Crippen molar-refractivity contribution in [3.63, 3.8) is 0 Å². The molecule has 2 atom stereocenters. The molecule has 3 aliphatic rings. The van der Waals surface area contributed by atoms with E-state index in [0.717, 1.165) is 12.8 Å². The fourth-order valence-electron chi connectivity index (χ4n) is 3.49. The normalized spacial score (nSPS) is 22.0. The van der Waals surface area contributed by atoms with Crippen LogP contribution >= 0.6 is 0 Å². The molecule has 0 unspecified atom stereocenters. The maximum Gasteiger partial charge on any atom is 0.117 e. The molecule has 0 N–H and O–H groups in total. The SMILES string of the molecule is c1ccc(COCC2=C(COCc3ccccc3)[C@H]3CC[C@@H]2OO3)cc1. The molecule has 0 saturated carbocycles. The smallest absolute Gasteiger partial charge is 0.117 e. The van der Waals surface area contributed by atoms with Crippen LogP contribution in [0.2, 0.25) is 0 Å². The van der Waals surface area contributed by atoms with Crippen molar-refractivity contribution >= 4 is 0 Å². The van der Waals surface area contributed by atoms with Crippen LogP contribution in [-0.2, 0) is 32.5 Å². The second-order valence-corrected chi connectivity index (χ2v) is 6.75. The number of hydrogen-bond donors (Lipinski definition) is 0. The molecule has 2 bridgehead atoms. The lowest BCUT2D eigenvalue weighted by molar-refractivity contribution is -0.369. The van der Waals surface area contributed by atoms with Crippen molar-refractivity contribution in [2.24, 2.45) is 0 Å². The average molecular weight is 352 g/mol. The van der Waals surface area contributed by atoms with Gasteiger partial charge in [0.05, 0.1) is 26.4 Å². The molecular weight excluding hydrogens is 328 g/mol. The van der Waals surface area contributed by atoms with Gasteiger partial charge in [-0.3, -0.25) is 0 Å². The minimum absolute atomic E-state index is 0.00824. The van der Waals surface area contributed by atoms with Gasteiger partial charge in [-0.2, -0.15) is 0 Å². The summed E-state index contributed by atoms with van der Waals surface area (Å²) >= 11 is 0. The van der Waals surface area contributed by atoms with Crippen LogP contribution in [0, 0.1) is 0 Å². The maximum absolute atomic E-state index is 5.96. The Labute approximate surface area is 154 Å². The van der Waals surface area contributed by atoms with Gasteiger partial charge in [-0.05, 0) is 35.1 Å². The quantitative estimate of drug-likeness (QED) is 0.527. The van der Waals surface area contributed by atoms with Gasteiger partial charge < -0.3 is 9.47 Å². The van der Waals surface area contributed by atoms with Crippen molar-refractivity contribution in [2.45, 2.75) is 38.3 Å². The van der Waals surface area contributed by atoms with Crippen molar-refractivity contribution in [2.75, 3.05) is 13.2 Å². The van der Waals surface area contributed by atoms with E-state index in [2.05, 4.69) is 24.3 Å². The Morgan fingerprint density at radius 1 is 0.615 bits per heavy atom. The Bertz CT molecular complexity index is 655. The third kappa shape index (κ3) is 4.22. The molecule has 4 nitrogen and oxygen atoms in total. The molecule has 4 heteroatoms. The summed E-state index contributed by atoms with van der Waals surface area (Å²) in [6.45, 7) is 2.31. The molecule has 2 aromatic carbocycles. The van der Waals surface area contributed by atoms with Gasteiger partial charge in [-0.25, -0.2) is 9.78 Å². The predicted octanol–water partition coefficient (Wildman–Crippen LogP) is 4.21. The lowest BCUT2D eigenvalue weighted by atomic mass is 9.87. The molecule has 2 aliphatic heterocycles. The zero-order chi connectivity index (χ0) is 17.6. The van der Waals surface area contributed by atoms with Gasteiger partial charge in [0.2, 0.25) is 0 Å². The number of benzene rings is 2. The Morgan fingerprint density at radius 3 is 1.42 bits per heavy atom. The zero-order valence-corrected chi connectivity index (χ0v) is 14.8. The van der Waals surface area contributed by atoms with Gasteiger partial charge >= 0.3 is 0 Å². The third-order valence-electron chi connectivity index (χ3n) is 4.91. The second-order valence-electron chi connectivity index (χ2n) is 6.75. The van der Waals surface area contributed by atoms with Crippen LogP contribution in [-0.4, -0.2) is 25.4 Å². The predicted molar refractivity (Wildman–Crippen MR) is 98.2 cm³/mol. The molecule has 2 heterocycles. The summed E-state index contributed by atoms with van der Waals surface area (Å²) in [6.07, 6.45) is 1.95. The molecule has 0 aromatic heterocycles. The fraction of sp³-hybridized carbons (Fsp3) is 0.364. The molecule has 0 radical (unpaired) electrons. The lowest BCUT2D eigenvalue weighted by Gasteiger charge is -2.38. The number of fused-ring (bicyclic) bond motifs is 2. The highest BCUT2D eigenvalue weighted by molar-refractivity contribution is 5.28. The van der Waals surface area contributed by atoms with Gasteiger partial charge in [0.25, 0.3) is 0 Å². The summed E-state index contributed by atoms with van der Waals surface area (Å²) in [6, 6.07) is 20.4. The second kappa shape index (κ2) is 8.60. The lowest BCUT2D eigenvalue weighted by Crippen LogP contribution is -2.40. The topological polar surface area (TPSA) is 36.9 Å². The van der Waals surface area contributed by atoms with E-state index in [1.54, 1.807) is 0 Å². The highest BCUT2D eigenvalue weighted by Crippen LogP contribution is 2.36. The van der Waals surface area contributed by atoms with Crippen LogP contribution in [0.1, 0.15) is 24.0 Å². The largest absolute Gasteiger partial charge is 0.372 e. The first-order valence-corrected chi connectivity index (χ1v) is 9.17. The van der Waals surface area contributed by atoms with Crippen LogP contribution in [0.15, 0.2) is 71.8 Å². The standard InChI is InChI=1S/C22H24O4/c1-3-7-17(8-4-1)13-23-15-19-20(22-12-11-21(19)25-26-22)16-24-14-18-9-5-2-6-10-18/h1-10,21-22H,11-16H2/t21-,22+. The Balaban J connectivity index is 1.37. The summed E-state index contributed by atoms with van der Waals surface area (Å²) in [5.41, 5.74) is 4.73. The first-order chi connectivity index (χ1) is 12.9. The summed E-state index contributed by atoms with van der Waals surface area (Å²) < 4.78 is 11.9. The van der Waals surface area contributed by atoms with Crippen molar-refractivity contribution in [3.05, 3.63) is 82.9 Å². The molecule has 0 spiro atoms. The first-order valence-electron chi connectivity index (χ1n) is 9.17. The summed E-state index contributed by atoms with van der Waals surface area (Å²) in [7, 11) is 0. The van der Waals surface area contributed by atoms with Crippen LogP contribution in [0.3, 0.4) is 0 Å². The van der Waals surface area contributed by atoms with Crippen LogP contribution < -0.4 is 0 Å². The van der Waals surface area contributed by atoms with Gasteiger partial charge in [0.15, 0.2) is 0 Å². The first kappa shape index (κ1) is 17.4. The molecule has 26 heavy (non-hydrogen) atoms. The van der Waals surface area contributed by atoms with Crippen molar-refractivity contribution in [1.82, 2.24) is 0 Å². The Kier molecular flexibility index (Phi) is 5.77. The molecule has 5 rings (SSSR count). The van der Waals surface area contributed by atoms with E-state index in [1.165, 1.54) is 22.3 Å². The van der Waals surface area contributed by atoms with E-state index in [1.807, 2.05) is 36.4 Å². The van der Waals surface area contributed by atoms with Gasteiger partial charge in [-0.1, -0.05) is 60.7 Å². The maximum atomic E-state index is 5.96. The fourth-order valence-corrected chi connectivity index (χ4v) is 3.49. The van der Waals surface area contributed by atoms with Gasteiger partial charge in [0.1, 0.15) is 12.2 Å². The molecule has 1 saturated heterocycles. The Hall–Kier alpha value is -1.98. The van der Waals surface area contributed by atoms with Gasteiger partial charge in [-0.15, -0.1) is 0 Å². The van der Waals surface area contributed by atoms with Crippen molar-refractivity contribution < 1.29 is 19.2 Å². The summed E-state index contributed by atoms with van der Waals surface area (Å²) in [4.78, 5) is 11.0. The number of rotatable bonds is 8. The minimum Gasteiger partial charge on any atom is -0.372 e. The van der Waals surface area contributed by atoms with E-state index in [-0.39, 0.29) is 12.2 Å². The highest BCUT2D eigenvalue weighted by Gasteiger charge is 2.37. The van der Waals surface area contributed by atoms with E-state index in [0.29, 0.717) is 26.4 Å². The van der Waals surface area contributed by atoms with Crippen LogP contribution in [0.4, 0.5) is 0 Å². The Morgan fingerprint density at radius 2 is 1.04 bits per heavy atom. The summed E-state index contributed by atoms with van der Waals surface area (Å²) in [5, 5.41) is 0. The third-order valence-corrected chi connectivity index (χ3v) is 4.91. The van der Waals surface area contributed by atoms with Crippen molar-refractivity contribution in [3.8, 4) is 0 Å². The van der Waals surface area contributed by atoms with Crippen molar-refractivity contribution in [1.29, 1.82) is 0 Å². The highest BCUT2D eigenvalue weighted by atomic mass is 17.2. The average Bonchev–Trinajstić information content (AvgIpc) is 2.71. The van der Waals surface area contributed by atoms with Crippen LogP contribution in [0.5, 0.6) is 0 Å². The minimum atomic E-state index is -0.00824. The monoisotopic (exact) mass is 352 g/mol. The molecular formula is C22H24O4. The van der Waals surface area contributed by atoms with E-state index < -0.39 is 0 Å². The van der Waals surface area contributed by atoms with Gasteiger partial charge in [0, 0.05) is 0 Å². The number of ether oxygens (including phenoxy) is 2. The van der Waals surface area contributed by atoms with E-state index in [4.69, 9.17) is 19.2 Å². The summed E-state index contributed by atoms with van der Waals surface area (Å²) in [5.74, 6) is 0. The molecule has 2 aromatic rings. The van der Waals surface area contributed by atoms with E-state index >= 15 is 0 Å². The molecule has 1 aliphatic carbocycles. The number of hydrogen-bond acceptors (Lipinski definition) is 4. The van der Waals surface area contributed by atoms with Crippen LogP contribution in [0.25, 0.3) is 0 Å². The zero-order valence-electron chi connectivity index (χ0n) is 14.8. The van der Waals surface area contributed by atoms with E-state index in [9.17, 15) is 0 Å². The molecule has 0 amide bonds. The molecule has 136 valence electrons. The molecule has 1 fully saturated rings.